The molecule has 1 rings (SSSR count). The van der Waals surface area contributed by atoms with Gasteiger partial charge >= 0.3 is 5.97 Å². The number of rotatable bonds is 5. The van der Waals surface area contributed by atoms with Gasteiger partial charge in [0.1, 0.15) is 5.01 Å². The van der Waals surface area contributed by atoms with E-state index in [0.29, 0.717) is 5.13 Å². The number of carbonyl (C=O) groups is 2. The van der Waals surface area contributed by atoms with Crippen LogP contribution in [0.3, 0.4) is 0 Å². The van der Waals surface area contributed by atoms with Gasteiger partial charge in [0, 0.05) is 6.42 Å². The first-order valence-corrected chi connectivity index (χ1v) is 5.66. The molecule has 7 heteroatoms. The van der Waals surface area contributed by atoms with E-state index in [9.17, 15) is 9.59 Å². The summed E-state index contributed by atoms with van der Waals surface area (Å²) in [4.78, 5) is 22.1. The predicted molar refractivity (Wildman–Crippen MR) is 59.2 cm³/mol. The smallest absolute Gasteiger partial charge is 0.306 e. The number of anilines is 1. The number of aromatic nitrogens is 2. The van der Waals surface area contributed by atoms with E-state index in [-0.39, 0.29) is 18.7 Å². The lowest BCUT2D eigenvalue weighted by atomic mass is 10.3. The van der Waals surface area contributed by atoms with Gasteiger partial charge in [-0.1, -0.05) is 18.3 Å². The highest BCUT2D eigenvalue weighted by Gasteiger charge is 2.09. The summed E-state index contributed by atoms with van der Waals surface area (Å²) in [5, 5.41) is 11.6. The maximum absolute atomic E-state index is 11.4. The van der Waals surface area contributed by atoms with Gasteiger partial charge in [-0.05, 0) is 6.42 Å². The van der Waals surface area contributed by atoms with E-state index >= 15 is 0 Å². The normalized spacial score (nSPS) is 9.88. The first-order chi connectivity index (χ1) is 7.65. The third-order valence-corrected chi connectivity index (χ3v) is 2.78. The SMILES string of the molecule is CCc1nnc(NC(=O)CCC(=O)OC)s1. The molecule has 0 spiro atoms. The second-order valence-electron chi connectivity index (χ2n) is 2.98. The number of hydrogen-bond acceptors (Lipinski definition) is 6. The number of aryl methyl sites for hydroxylation is 1. The zero-order valence-corrected chi connectivity index (χ0v) is 9.97. The molecule has 1 amide bonds. The van der Waals surface area contributed by atoms with Crippen LogP contribution in [0, 0.1) is 0 Å². The van der Waals surface area contributed by atoms with Crippen molar-refractivity contribution in [2.24, 2.45) is 0 Å². The van der Waals surface area contributed by atoms with Crippen LogP contribution in [0.15, 0.2) is 0 Å². The molecule has 0 radical (unpaired) electrons. The minimum atomic E-state index is -0.401. The fraction of sp³-hybridized carbons (Fsp3) is 0.556. The quantitative estimate of drug-likeness (QED) is 0.780. The van der Waals surface area contributed by atoms with Crippen LogP contribution in [0.1, 0.15) is 24.8 Å². The van der Waals surface area contributed by atoms with Gasteiger partial charge in [-0.25, -0.2) is 0 Å². The Morgan fingerprint density at radius 2 is 2.12 bits per heavy atom. The summed E-state index contributed by atoms with van der Waals surface area (Å²) in [5.74, 6) is -0.661. The Labute approximate surface area is 97.0 Å². The van der Waals surface area contributed by atoms with E-state index in [1.165, 1.54) is 18.4 Å². The summed E-state index contributed by atoms with van der Waals surface area (Å²) in [6.45, 7) is 1.96. The number of carbonyl (C=O) groups excluding carboxylic acids is 2. The van der Waals surface area contributed by atoms with E-state index in [0.717, 1.165) is 11.4 Å². The Hall–Kier alpha value is -1.50. The van der Waals surface area contributed by atoms with Gasteiger partial charge in [-0.3, -0.25) is 9.59 Å². The van der Waals surface area contributed by atoms with Gasteiger partial charge < -0.3 is 10.1 Å². The summed E-state index contributed by atoms with van der Waals surface area (Å²) >= 11 is 1.33. The van der Waals surface area contributed by atoms with Crippen molar-refractivity contribution in [2.45, 2.75) is 26.2 Å². The lowest BCUT2D eigenvalue weighted by Gasteiger charge is -1.99. The molecule has 0 unspecified atom stereocenters. The average molecular weight is 243 g/mol. The Balaban J connectivity index is 2.36. The molecule has 1 aromatic rings. The number of ether oxygens (including phenoxy) is 1. The van der Waals surface area contributed by atoms with Crippen LogP contribution in [-0.2, 0) is 20.7 Å². The fourth-order valence-corrected chi connectivity index (χ4v) is 1.64. The monoisotopic (exact) mass is 243 g/mol. The first-order valence-electron chi connectivity index (χ1n) is 4.84. The highest BCUT2D eigenvalue weighted by Crippen LogP contribution is 2.15. The van der Waals surface area contributed by atoms with Crippen LogP contribution in [0.4, 0.5) is 5.13 Å². The summed E-state index contributed by atoms with van der Waals surface area (Å²) in [6, 6.07) is 0. The largest absolute Gasteiger partial charge is 0.469 e. The maximum Gasteiger partial charge on any atom is 0.306 e. The highest BCUT2D eigenvalue weighted by molar-refractivity contribution is 7.15. The Morgan fingerprint density at radius 1 is 1.38 bits per heavy atom. The molecule has 0 atom stereocenters. The van der Waals surface area contributed by atoms with Crippen molar-refractivity contribution in [2.75, 3.05) is 12.4 Å². The molecule has 1 aromatic heterocycles. The number of hydrogen-bond donors (Lipinski definition) is 1. The molecule has 0 aliphatic carbocycles. The van der Waals surface area contributed by atoms with Crippen LogP contribution in [-0.4, -0.2) is 29.2 Å². The number of esters is 1. The molecule has 16 heavy (non-hydrogen) atoms. The Morgan fingerprint density at radius 3 is 2.69 bits per heavy atom. The predicted octanol–water partition coefficient (Wildman–Crippen LogP) is 0.992. The van der Waals surface area contributed by atoms with E-state index in [2.05, 4.69) is 20.3 Å². The molecule has 0 aliphatic rings. The lowest BCUT2D eigenvalue weighted by Crippen LogP contribution is -2.13. The second-order valence-corrected chi connectivity index (χ2v) is 4.04. The zero-order chi connectivity index (χ0) is 12.0. The Bertz CT molecular complexity index is 378. The van der Waals surface area contributed by atoms with Gasteiger partial charge in [0.15, 0.2) is 0 Å². The van der Waals surface area contributed by atoms with Crippen molar-refractivity contribution in [3.63, 3.8) is 0 Å². The number of nitrogens with one attached hydrogen (secondary N) is 1. The number of methoxy groups -OCH3 is 1. The number of amides is 1. The zero-order valence-electron chi connectivity index (χ0n) is 9.15. The van der Waals surface area contributed by atoms with Crippen LogP contribution in [0.2, 0.25) is 0 Å². The van der Waals surface area contributed by atoms with Crippen LogP contribution >= 0.6 is 11.3 Å². The van der Waals surface area contributed by atoms with Crippen molar-refractivity contribution in [1.29, 1.82) is 0 Å². The lowest BCUT2D eigenvalue weighted by molar-refractivity contribution is -0.141. The summed E-state index contributed by atoms with van der Waals surface area (Å²) in [5.41, 5.74) is 0. The minimum Gasteiger partial charge on any atom is -0.469 e. The molecular weight excluding hydrogens is 230 g/mol. The third-order valence-electron chi connectivity index (χ3n) is 1.80. The molecule has 88 valence electrons. The molecular formula is C9H13N3O3S. The van der Waals surface area contributed by atoms with Crippen LogP contribution in [0.25, 0.3) is 0 Å². The molecule has 0 bridgehead atoms. The van der Waals surface area contributed by atoms with E-state index < -0.39 is 5.97 Å². The van der Waals surface area contributed by atoms with Crippen molar-refractivity contribution < 1.29 is 14.3 Å². The van der Waals surface area contributed by atoms with Crippen molar-refractivity contribution in [3.05, 3.63) is 5.01 Å². The van der Waals surface area contributed by atoms with Gasteiger partial charge in [-0.15, -0.1) is 10.2 Å². The van der Waals surface area contributed by atoms with Crippen molar-refractivity contribution >= 4 is 28.3 Å². The van der Waals surface area contributed by atoms with Crippen molar-refractivity contribution in [3.8, 4) is 0 Å². The topological polar surface area (TPSA) is 81.2 Å². The van der Waals surface area contributed by atoms with Gasteiger partial charge in [0.05, 0.1) is 13.5 Å². The summed E-state index contributed by atoms with van der Waals surface area (Å²) in [7, 11) is 1.29. The molecule has 1 N–H and O–H groups in total. The molecule has 0 aromatic carbocycles. The highest BCUT2D eigenvalue weighted by atomic mass is 32.1. The molecule has 0 saturated carbocycles. The first kappa shape index (κ1) is 12.6. The van der Waals surface area contributed by atoms with E-state index in [4.69, 9.17) is 0 Å². The molecule has 1 heterocycles. The van der Waals surface area contributed by atoms with Crippen LogP contribution < -0.4 is 5.32 Å². The minimum absolute atomic E-state index is 0.0712. The van der Waals surface area contributed by atoms with Crippen LogP contribution in [0.5, 0.6) is 0 Å². The fourth-order valence-electron chi connectivity index (χ4n) is 0.946. The number of nitrogens with zero attached hydrogens (tertiary/aromatic N) is 2. The van der Waals surface area contributed by atoms with Gasteiger partial charge in [0.25, 0.3) is 0 Å². The van der Waals surface area contributed by atoms with E-state index in [1.54, 1.807) is 0 Å². The standard InChI is InChI=1S/C9H13N3O3S/c1-3-7-11-12-9(16-7)10-6(13)4-5-8(14)15-2/h3-5H2,1-2H3,(H,10,12,13). The Kier molecular flexibility index (Phi) is 4.84. The third kappa shape index (κ3) is 3.93. The van der Waals surface area contributed by atoms with Crippen molar-refractivity contribution in [1.82, 2.24) is 10.2 Å². The molecule has 0 saturated heterocycles. The molecule has 0 fully saturated rings. The molecule has 6 nitrogen and oxygen atoms in total. The van der Waals surface area contributed by atoms with Gasteiger partial charge in [0.2, 0.25) is 11.0 Å². The van der Waals surface area contributed by atoms with Gasteiger partial charge in [-0.2, -0.15) is 0 Å². The summed E-state index contributed by atoms with van der Waals surface area (Å²) < 4.78 is 4.43. The summed E-state index contributed by atoms with van der Waals surface area (Å²) in [6.07, 6.45) is 0.950. The molecule has 0 aliphatic heterocycles. The second kappa shape index (κ2) is 6.16. The maximum atomic E-state index is 11.4. The van der Waals surface area contributed by atoms with E-state index in [1.807, 2.05) is 6.92 Å². The average Bonchev–Trinajstić information content (AvgIpc) is 2.73.